The van der Waals surface area contributed by atoms with E-state index in [0.717, 1.165) is 54.4 Å². The summed E-state index contributed by atoms with van der Waals surface area (Å²) in [5.74, 6) is 0. The van der Waals surface area contributed by atoms with Crippen LogP contribution in [0.2, 0.25) is 5.02 Å². The number of amides is 1. The second-order valence-corrected chi connectivity index (χ2v) is 9.42. The minimum Gasteiger partial charge on any atom is -0.333 e. The Bertz CT molecular complexity index is 1150. The van der Waals surface area contributed by atoms with Crippen molar-refractivity contribution < 1.29 is 4.79 Å². The van der Waals surface area contributed by atoms with E-state index in [1.165, 1.54) is 39.6 Å². The second kappa shape index (κ2) is 8.89. The Hall–Kier alpha value is -2.56. The molecule has 156 valence electrons. The summed E-state index contributed by atoms with van der Waals surface area (Å²) in [5.41, 5.74) is 7.55. The van der Waals surface area contributed by atoms with Gasteiger partial charge >= 0.3 is 0 Å². The zero-order chi connectivity index (χ0) is 21.2. The smallest absolute Gasteiger partial charge is 0.286 e. The van der Waals surface area contributed by atoms with Crippen molar-refractivity contribution in [2.45, 2.75) is 30.6 Å². The number of piperidine rings is 1. The predicted molar refractivity (Wildman–Crippen MR) is 128 cm³/mol. The zero-order valence-corrected chi connectivity index (χ0v) is 18.8. The standard InChI is InChI=1S/C26H23ClN2OS/c27-21-10-11-23-20(17-21)9-8-19-5-4-14-28-25(19)24(23)18-12-15-29(16-13-18)26(30)31-22-6-2-1-3-7-22/h1-7,10-11,14,17H,8-9,12-13,15-16H2. The van der Waals surface area contributed by atoms with Gasteiger partial charge in [-0.3, -0.25) is 9.78 Å². The van der Waals surface area contributed by atoms with Gasteiger partial charge in [0.2, 0.25) is 0 Å². The first-order valence-electron chi connectivity index (χ1n) is 10.7. The normalized spacial score (nSPS) is 15.8. The molecule has 3 nitrogen and oxygen atoms in total. The van der Waals surface area contributed by atoms with E-state index < -0.39 is 0 Å². The lowest BCUT2D eigenvalue weighted by atomic mass is 9.89. The van der Waals surface area contributed by atoms with Crippen LogP contribution >= 0.6 is 23.4 Å². The molecule has 1 aliphatic carbocycles. The fourth-order valence-corrected chi connectivity index (χ4v) is 5.50. The molecule has 0 N–H and O–H groups in total. The van der Waals surface area contributed by atoms with Gasteiger partial charge in [-0.1, -0.05) is 47.5 Å². The van der Waals surface area contributed by atoms with E-state index in [9.17, 15) is 4.79 Å². The number of carbonyl (C=O) groups is 1. The molecule has 3 aromatic rings. The number of nitrogens with zero attached hydrogens (tertiary/aromatic N) is 2. The van der Waals surface area contributed by atoms with Crippen LogP contribution in [0.3, 0.4) is 0 Å². The zero-order valence-electron chi connectivity index (χ0n) is 17.2. The number of hydrogen-bond donors (Lipinski definition) is 0. The maximum atomic E-state index is 12.8. The molecule has 0 atom stereocenters. The van der Waals surface area contributed by atoms with Crippen molar-refractivity contribution in [1.82, 2.24) is 9.88 Å². The maximum absolute atomic E-state index is 12.8. The molecule has 1 fully saturated rings. The Balaban J connectivity index is 1.45. The maximum Gasteiger partial charge on any atom is 0.286 e. The Morgan fingerprint density at radius 1 is 0.903 bits per heavy atom. The lowest BCUT2D eigenvalue weighted by molar-refractivity contribution is 0.219. The van der Waals surface area contributed by atoms with Gasteiger partial charge in [-0.25, -0.2) is 0 Å². The molecule has 0 saturated carbocycles. The number of pyridine rings is 1. The van der Waals surface area contributed by atoms with Crippen molar-refractivity contribution in [2.24, 2.45) is 0 Å². The number of rotatable bonds is 1. The van der Waals surface area contributed by atoms with Gasteiger partial charge in [0.15, 0.2) is 0 Å². The minimum atomic E-state index is 0.127. The quantitative estimate of drug-likeness (QED) is 0.392. The molecule has 5 rings (SSSR count). The molecule has 0 bridgehead atoms. The number of benzene rings is 2. The Morgan fingerprint density at radius 2 is 1.68 bits per heavy atom. The van der Waals surface area contributed by atoms with Crippen molar-refractivity contribution >= 4 is 34.2 Å². The van der Waals surface area contributed by atoms with Crippen LogP contribution in [0.4, 0.5) is 4.79 Å². The van der Waals surface area contributed by atoms with Gasteiger partial charge in [0.25, 0.3) is 5.24 Å². The Labute approximate surface area is 192 Å². The van der Waals surface area contributed by atoms with Crippen LogP contribution in [0, 0.1) is 0 Å². The van der Waals surface area contributed by atoms with Crippen molar-refractivity contribution in [3.05, 3.63) is 99.8 Å². The topological polar surface area (TPSA) is 33.2 Å². The van der Waals surface area contributed by atoms with Gasteiger partial charge in [0.1, 0.15) is 0 Å². The molecular weight excluding hydrogens is 424 g/mol. The van der Waals surface area contributed by atoms with Crippen molar-refractivity contribution in [3.8, 4) is 0 Å². The molecule has 0 unspecified atom stereocenters. The van der Waals surface area contributed by atoms with Crippen molar-refractivity contribution in [1.29, 1.82) is 0 Å². The monoisotopic (exact) mass is 446 g/mol. The van der Waals surface area contributed by atoms with Crippen LogP contribution in [-0.4, -0.2) is 28.2 Å². The van der Waals surface area contributed by atoms with Crippen LogP contribution in [0.1, 0.15) is 35.2 Å². The van der Waals surface area contributed by atoms with Crippen molar-refractivity contribution in [2.75, 3.05) is 13.1 Å². The average molecular weight is 447 g/mol. The summed E-state index contributed by atoms with van der Waals surface area (Å²) in [6.07, 6.45) is 5.55. The molecule has 2 aliphatic rings. The van der Waals surface area contributed by atoms with Crippen LogP contribution in [0.15, 0.2) is 77.3 Å². The summed E-state index contributed by atoms with van der Waals surface area (Å²) >= 11 is 7.63. The highest BCUT2D eigenvalue weighted by Crippen LogP contribution is 2.38. The summed E-state index contributed by atoms with van der Waals surface area (Å²) in [5, 5.41) is 0.905. The van der Waals surface area contributed by atoms with E-state index in [0.29, 0.717) is 0 Å². The van der Waals surface area contributed by atoms with E-state index in [1.54, 1.807) is 0 Å². The van der Waals surface area contributed by atoms with Gasteiger partial charge < -0.3 is 4.90 Å². The average Bonchev–Trinajstić information content (AvgIpc) is 2.96. The lowest BCUT2D eigenvalue weighted by Crippen LogP contribution is -2.34. The lowest BCUT2D eigenvalue weighted by Gasteiger charge is -2.30. The molecule has 31 heavy (non-hydrogen) atoms. The fourth-order valence-electron chi connectivity index (χ4n) is 4.50. The highest BCUT2D eigenvalue weighted by molar-refractivity contribution is 8.13. The van der Waals surface area contributed by atoms with Gasteiger partial charge in [-0.05, 0) is 84.5 Å². The third kappa shape index (κ3) is 4.28. The molecule has 1 saturated heterocycles. The van der Waals surface area contributed by atoms with Crippen LogP contribution in [0.5, 0.6) is 0 Å². The number of likely N-dealkylation sites (tertiary alicyclic amines) is 1. The second-order valence-electron chi connectivity index (χ2n) is 7.96. The summed E-state index contributed by atoms with van der Waals surface area (Å²) in [7, 11) is 0. The Morgan fingerprint density at radius 3 is 2.48 bits per heavy atom. The summed E-state index contributed by atoms with van der Waals surface area (Å²) in [6.45, 7) is 1.48. The number of fused-ring (bicyclic) bond motifs is 2. The Kier molecular flexibility index (Phi) is 5.84. The third-order valence-electron chi connectivity index (χ3n) is 6.06. The van der Waals surface area contributed by atoms with E-state index >= 15 is 0 Å². The molecule has 0 radical (unpaired) electrons. The summed E-state index contributed by atoms with van der Waals surface area (Å²) < 4.78 is 0. The molecule has 2 aromatic carbocycles. The van der Waals surface area contributed by atoms with Gasteiger partial charge in [0, 0.05) is 34.8 Å². The number of aromatic nitrogens is 1. The minimum absolute atomic E-state index is 0.127. The highest BCUT2D eigenvalue weighted by Gasteiger charge is 2.26. The molecule has 1 amide bonds. The fraction of sp³-hybridized carbons (Fsp3) is 0.231. The van der Waals surface area contributed by atoms with E-state index in [4.69, 9.17) is 16.6 Å². The molecule has 0 spiro atoms. The third-order valence-corrected chi connectivity index (χ3v) is 7.23. The number of aryl methyl sites for hydroxylation is 2. The SMILES string of the molecule is O=C(Sc1ccccc1)N1CCC(=C2c3ccc(Cl)cc3CCc3cccnc32)CC1. The first kappa shape index (κ1) is 20.3. The number of carbonyl (C=O) groups excluding carboxylic acids is 1. The van der Waals surface area contributed by atoms with Crippen LogP contribution in [-0.2, 0) is 12.8 Å². The highest BCUT2D eigenvalue weighted by atomic mass is 35.5. The molecular formula is C26H23ClN2OS. The van der Waals surface area contributed by atoms with Crippen molar-refractivity contribution in [3.63, 3.8) is 0 Å². The molecule has 2 heterocycles. The molecule has 5 heteroatoms. The van der Waals surface area contributed by atoms with Gasteiger partial charge in [-0.15, -0.1) is 0 Å². The molecule has 1 aliphatic heterocycles. The van der Waals surface area contributed by atoms with Crippen LogP contribution in [0.25, 0.3) is 5.57 Å². The first-order valence-corrected chi connectivity index (χ1v) is 11.9. The first-order chi connectivity index (χ1) is 15.2. The number of thioether (sulfide) groups is 1. The van der Waals surface area contributed by atoms with Crippen LogP contribution < -0.4 is 0 Å². The van der Waals surface area contributed by atoms with E-state index in [-0.39, 0.29) is 5.24 Å². The van der Waals surface area contributed by atoms with Gasteiger partial charge in [0.05, 0.1) is 5.69 Å². The summed E-state index contributed by atoms with van der Waals surface area (Å²) in [4.78, 5) is 20.5. The number of hydrogen-bond acceptors (Lipinski definition) is 3. The molecule has 1 aromatic heterocycles. The predicted octanol–water partition coefficient (Wildman–Crippen LogP) is 6.64. The van der Waals surface area contributed by atoms with E-state index in [2.05, 4.69) is 18.2 Å². The van der Waals surface area contributed by atoms with Gasteiger partial charge in [-0.2, -0.15) is 0 Å². The summed E-state index contributed by atoms with van der Waals surface area (Å²) in [6, 6.07) is 20.3. The largest absolute Gasteiger partial charge is 0.333 e. The van der Waals surface area contributed by atoms with E-state index in [1.807, 2.05) is 53.6 Å². The number of halogens is 1.